The van der Waals surface area contributed by atoms with Crippen molar-refractivity contribution in [2.24, 2.45) is 0 Å². The Hall–Kier alpha value is -4.60. The number of rotatable bonds is 4. The van der Waals surface area contributed by atoms with Gasteiger partial charge in [0.1, 0.15) is 17.2 Å². The van der Waals surface area contributed by atoms with Crippen molar-refractivity contribution in [3.8, 4) is 0 Å². The van der Waals surface area contributed by atoms with E-state index in [4.69, 9.17) is 0 Å². The van der Waals surface area contributed by atoms with Crippen molar-refractivity contribution in [1.29, 1.82) is 0 Å². The quantitative estimate of drug-likeness (QED) is 0.142. The van der Waals surface area contributed by atoms with Crippen molar-refractivity contribution < 1.29 is 0 Å². The third kappa shape index (κ3) is 4.97. The van der Waals surface area contributed by atoms with Crippen LogP contribution in [0.1, 0.15) is 0 Å². The standard InChI is InChI=1S/C24H20B.C12H8NS/c1-5-13-21(14-6-1)25(22-15-7-2-8-16-22,23-17-9-3-10-18-23)24-19-11-4-12-20-24;1-3-7-11-9(5-1)13-10-6-2-4-8-12(10)14-11/h1-20H;1-8H/q-1;+1. The maximum Gasteiger partial charge on any atom is 0.257 e. The van der Waals surface area contributed by atoms with Crippen molar-refractivity contribution in [3.05, 3.63) is 170 Å². The molecule has 7 aromatic rings. The molecule has 0 unspecified atom stereocenters. The van der Waals surface area contributed by atoms with E-state index in [9.17, 15) is 0 Å². The molecule has 0 bridgehead atoms. The van der Waals surface area contributed by atoms with Gasteiger partial charge in [-0.2, -0.15) is 21.9 Å². The zero-order valence-corrected chi connectivity index (χ0v) is 22.4. The summed E-state index contributed by atoms with van der Waals surface area (Å²) in [6, 6.07) is 60.0. The predicted molar refractivity (Wildman–Crippen MR) is 172 cm³/mol. The van der Waals surface area contributed by atoms with Gasteiger partial charge < -0.3 is 0 Å². The number of nitrogens with zero attached hydrogens (tertiary/aromatic N) is 1. The molecule has 1 aromatic heterocycles. The minimum atomic E-state index is -1.22. The Kier molecular flexibility index (Phi) is 7.24. The molecule has 1 heterocycles. The first-order valence-electron chi connectivity index (χ1n) is 13.3. The molecule has 1 nitrogen and oxygen atoms in total. The number of benzene rings is 6. The third-order valence-electron chi connectivity index (χ3n) is 7.39. The molecule has 39 heavy (non-hydrogen) atoms. The molecule has 0 amide bonds. The molecule has 0 saturated heterocycles. The smallest absolute Gasteiger partial charge is 0.237 e. The second-order valence-electron chi connectivity index (χ2n) is 9.66. The van der Waals surface area contributed by atoms with E-state index < -0.39 is 6.15 Å². The first-order valence-corrected chi connectivity index (χ1v) is 14.1. The Morgan fingerprint density at radius 1 is 0.333 bits per heavy atom. The second kappa shape index (κ2) is 11.4. The van der Waals surface area contributed by atoms with E-state index in [-0.39, 0.29) is 0 Å². The number of aromatic nitrogens is 1. The minimum absolute atomic E-state index is 1.08. The summed E-state index contributed by atoms with van der Waals surface area (Å²) in [6.45, 7) is 0. The predicted octanol–water partition coefficient (Wildman–Crippen LogP) is 6.79. The molecule has 0 aliphatic carbocycles. The van der Waals surface area contributed by atoms with E-state index in [0.29, 0.717) is 0 Å². The zero-order chi connectivity index (χ0) is 26.3. The van der Waals surface area contributed by atoms with Crippen LogP contribution in [-0.2, 0) is 0 Å². The van der Waals surface area contributed by atoms with Crippen LogP contribution in [0.3, 0.4) is 0 Å². The Labute approximate surface area is 234 Å². The van der Waals surface area contributed by atoms with Gasteiger partial charge in [0.05, 0.1) is 0 Å². The number of fused-ring (bicyclic) bond motifs is 2. The SMILES string of the molecule is c1ccc([B-](c2ccccc2)(c2ccccc2)c2ccccc2)cc1.c1ccc2[s+]c3ccccc3nc2c1. The van der Waals surface area contributed by atoms with Crippen LogP contribution >= 0.6 is 11.3 Å². The van der Waals surface area contributed by atoms with Crippen LogP contribution in [0.5, 0.6) is 0 Å². The van der Waals surface area contributed by atoms with Gasteiger partial charge in [-0.1, -0.05) is 146 Å². The fraction of sp³-hybridized carbons (Fsp3) is 0. The van der Waals surface area contributed by atoms with Crippen LogP contribution in [0.2, 0.25) is 0 Å². The van der Waals surface area contributed by atoms with E-state index in [1.165, 1.54) is 31.3 Å². The third-order valence-corrected chi connectivity index (χ3v) is 8.52. The fourth-order valence-corrected chi connectivity index (χ4v) is 6.61. The number of hydrogen-bond donors (Lipinski definition) is 0. The van der Waals surface area contributed by atoms with Crippen LogP contribution in [-0.4, -0.2) is 11.1 Å². The summed E-state index contributed by atoms with van der Waals surface area (Å²) >= 11 is 1.79. The Balaban J connectivity index is 0.000000166. The van der Waals surface area contributed by atoms with Gasteiger partial charge in [-0.15, -0.1) is 0 Å². The Bertz CT molecular complexity index is 1520. The van der Waals surface area contributed by atoms with E-state index >= 15 is 0 Å². The second-order valence-corrected chi connectivity index (χ2v) is 10.7. The molecule has 7 rings (SSSR count). The van der Waals surface area contributed by atoms with Crippen LogP contribution in [0, 0.1) is 0 Å². The molecule has 0 fully saturated rings. The summed E-state index contributed by atoms with van der Waals surface area (Å²) in [5, 5.41) is 0. The average Bonchev–Trinajstić information content (AvgIpc) is 3.03. The van der Waals surface area contributed by atoms with Gasteiger partial charge in [0.15, 0.2) is 0 Å². The molecular formula is C36H28BNS. The van der Waals surface area contributed by atoms with E-state index in [0.717, 1.165) is 11.0 Å². The van der Waals surface area contributed by atoms with Gasteiger partial charge in [0.2, 0.25) is 11.3 Å². The molecule has 0 saturated carbocycles. The molecule has 0 N–H and O–H groups in total. The first-order chi connectivity index (χ1) is 19.4. The van der Waals surface area contributed by atoms with Crippen LogP contribution in [0.4, 0.5) is 0 Å². The lowest BCUT2D eigenvalue weighted by atomic mass is 9.13. The summed E-state index contributed by atoms with van der Waals surface area (Å²) in [7, 11) is 0. The topological polar surface area (TPSA) is 12.9 Å². The highest BCUT2D eigenvalue weighted by Gasteiger charge is 2.31. The molecule has 0 radical (unpaired) electrons. The molecule has 0 atom stereocenters. The normalized spacial score (nSPS) is 11.1. The van der Waals surface area contributed by atoms with Crippen molar-refractivity contribution in [2.75, 3.05) is 0 Å². The first kappa shape index (κ1) is 24.7. The highest BCUT2D eigenvalue weighted by molar-refractivity contribution is 7.24. The zero-order valence-electron chi connectivity index (χ0n) is 21.6. The summed E-state index contributed by atoms with van der Waals surface area (Å²) in [6.07, 6.45) is -1.22. The molecule has 0 aliphatic heterocycles. The molecular weight excluding hydrogens is 489 g/mol. The van der Waals surface area contributed by atoms with E-state index in [1.807, 2.05) is 12.1 Å². The van der Waals surface area contributed by atoms with Crippen molar-refractivity contribution in [1.82, 2.24) is 4.98 Å². The van der Waals surface area contributed by atoms with Gasteiger partial charge in [-0.3, -0.25) is 0 Å². The lowest BCUT2D eigenvalue weighted by Gasteiger charge is -2.44. The Morgan fingerprint density at radius 3 is 0.949 bits per heavy atom. The monoisotopic (exact) mass is 517 g/mol. The van der Waals surface area contributed by atoms with Crippen LogP contribution in [0.25, 0.3) is 20.4 Å². The maximum absolute atomic E-state index is 4.59. The molecule has 0 spiro atoms. The molecule has 6 aromatic carbocycles. The maximum atomic E-state index is 4.59. The van der Waals surface area contributed by atoms with Crippen molar-refractivity contribution in [2.45, 2.75) is 0 Å². The highest BCUT2D eigenvalue weighted by Crippen LogP contribution is 2.24. The van der Waals surface area contributed by atoms with Crippen LogP contribution < -0.4 is 21.9 Å². The van der Waals surface area contributed by atoms with Crippen LogP contribution in [0.15, 0.2) is 170 Å². The lowest BCUT2D eigenvalue weighted by molar-refractivity contribution is 1.52. The minimum Gasteiger partial charge on any atom is -0.237 e. The number of para-hydroxylation sites is 2. The average molecular weight is 518 g/mol. The fourth-order valence-electron chi connectivity index (χ4n) is 5.64. The van der Waals surface area contributed by atoms with Gasteiger partial charge >= 0.3 is 0 Å². The highest BCUT2D eigenvalue weighted by atomic mass is 32.1. The van der Waals surface area contributed by atoms with Gasteiger partial charge in [-0.25, -0.2) is 4.98 Å². The molecule has 186 valence electrons. The van der Waals surface area contributed by atoms with Gasteiger partial charge in [0, 0.05) is 12.1 Å². The lowest BCUT2D eigenvalue weighted by Crippen LogP contribution is -2.74. The van der Waals surface area contributed by atoms with Gasteiger partial charge in [-0.05, 0) is 12.1 Å². The Morgan fingerprint density at radius 2 is 0.615 bits per heavy atom. The summed E-state index contributed by atoms with van der Waals surface area (Å²) in [5.74, 6) is 0. The van der Waals surface area contributed by atoms with E-state index in [1.54, 1.807) is 11.3 Å². The summed E-state index contributed by atoms with van der Waals surface area (Å²) in [5.41, 5.74) is 7.52. The summed E-state index contributed by atoms with van der Waals surface area (Å²) in [4.78, 5) is 4.59. The van der Waals surface area contributed by atoms with Crippen molar-refractivity contribution >= 4 is 59.8 Å². The molecule has 3 heteroatoms. The molecule has 0 aliphatic rings. The van der Waals surface area contributed by atoms with E-state index in [2.05, 4.69) is 163 Å². The summed E-state index contributed by atoms with van der Waals surface area (Å²) < 4.78 is 2.48. The van der Waals surface area contributed by atoms with Crippen molar-refractivity contribution in [3.63, 3.8) is 0 Å². The van der Waals surface area contributed by atoms with Gasteiger partial charge in [0.25, 0.3) is 9.40 Å². The largest absolute Gasteiger partial charge is 0.257 e. The number of hydrogen-bond acceptors (Lipinski definition) is 1.